The molecule has 2 amide bonds. The van der Waals surface area contributed by atoms with E-state index in [1.807, 2.05) is 0 Å². The molecule has 0 aromatic carbocycles. The molecule has 0 rings (SSSR count). The predicted molar refractivity (Wildman–Crippen MR) is 75.7 cm³/mol. The zero-order valence-electron chi connectivity index (χ0n) is 11.4. The summed E-state index contributed by atoms with van der Waals surface area (Å²) >= 11 is 0.478. The average Bonchev–Trinajstić information content (AvgIpc) is 2.46. The third kappa shape index (κ3) is 8.86. The fourth-order valence-electron chi connectivity index (χ4n) is 1.25. The van der Waals surface area contributed by atoms with Gasteiger partial charge in [0.15, 0.2) is 0 Å². The van der Waals surface area contributed by atoms with Gasteiger partial charge in [0.2, 0.25) is 11.8 Å². The smallest absolute Gasteiger partial charge is 0.322 e. The van der Waals surface area contributed by atoms with E-state index in [2.05, 4.69) is 15.2 Å². The number of amides is 2. The highest BCUT2D eigenvalue weighted by Gasteiger charge is 2.22. The molecule has 0 fully saturated rings. The first kappa shape index (κ1) is 19.8. The second-order valence-corrected chi connectivity index (χ2v) is 4.83. The molecular formula is C10H16N4O7S. The lowest BCUT2D eigenvalue weighted by atomic mass is 10.1. The number of nitrogens with two attached hydrogens (primary N) is 1. The molecule has 124 valence electrons. The molecule has 0 aromatic rings. The molecule has 0 saturated carbocycles. The van der Waals surface area contributed by atoms with Crippen LogP contribution in [-0.2, 0) is 19.2 Å². The lowest BCUT2D eigenvalue weighted by Crippen LogP contribution is -2.49. The van der Waals surface area contributed by atoms with Crippen LogP contribution in [0.4, 0.5) is 0 Å². The van der Waals surface area contributed by atoms with E-state index < -0.39 is 42.4 Å². The SMILES string of the molecule is N[C@@H](CCC(=O)N[C@H](CSN=O)C(=O)NCC(=O)O)C(=O)O. The number of hydrogen-bond acceptors (Lipinski definition) is 8. The zero-order chi connectivity index (χ0) is 17.1. The van der Waals surface area contributed by atoms with Crippen LogP contribution in [0.3, 0.4) is 0 Å². The Morgan fingerprint density at radius 3 is 2.36 bits per heavy atom. The molecule has 0 aliphatic carbocycles. The number of aliphatic carboxylic acids is 2. The second kappa shape index (κ2) is 10.5. The summed E-state index contributed by atoms with van der Waals surface area (Å²) < 4.78 is 2.48. The lowest BCUT2D eigenvalue weighted by Gasteiger charge is -2.16. The Morgan fingerprint density at radius 2 is 1.86 bits per heavy atom. The lowest BCUT2D eigenvalue weighted by molar-refractivity contribution is -0.139. The van der Waals surface area contributed by atoms with Crippen molar-refractivity contribution in [3.63, 3.8) is 0 Å². The largest absolute Gasteiger partial charge is 0.480 e. The molecule has 0 aromatic heterocycles. The molecule has 11 nitrogen and oxygen atoms in total. The first-order chi connectivity index (χ1) is 10.3. The van der Waals surface area contributed by atoms with E-state index in [9.17, 15) is 24.1 Å². The van der Waals surface area contributed by atoms with Crippen LogP contribution in [0.15, 0.2) is 4.58 Å². The molecule has 0 saturated heterocycles. The van der Waals surface area contributed by atoms with Crippen molar-refractivity contribution in [1.82, 2.24) is 10.6 Å². The highest BCUT2D eigenvalue weighted by molar-refractivity contribution is 7.97. The van der Waals surface area contributed by atoms with Gasteiger partial charge >= 0.3 is 11.9 Å². The van der Waals surface area contributed by atoms with Crippen LogP contribution < -0.4 is 16.4 Å². The molecule has 0 aliphatic heterocycles. The van der Waals surface area contributed by atoms with Gasteiger partial charge in [-0.1, -0.05) is 0 Å². The number of carbonyl (C=O) groups is 4. The van der Waals surface area contributed by atoms with Gasteiger partial charge in [0, 0.05) is 28.7 Å². The Hall–Kier alpha value is -2.21. The van der Waals surface area contributed by atoms with Gasteiger partial charge in [-0.05, 0) is 6.42 Å². The van der Waals surface area contributed by atoms with Crippen molar-refractivity contribution in [1.29, 1.82) is 0 Å². The molecular weight excluding hydrogens is 320 g/mol. The predicted octanol–water partition coefficient (Wildman–Crippen LogP) is -1.72. The van der Waals surface area contributed by atoms with E-state index in [-0.39, 0.29) is 18.6 Å². The van der Waals surface area contributed by atoms with Crippen molar-refractivity contribution in [2.24, 2.45) is 10.3 Å². The van der Waals surface area contributed by atoms with Crippen LogP contribution in [0, 0.1) is 4.91 Å². The molecule has 0 bridgehead atoms. The van der Waals surface area contributed by atoms with E-state index >= 15 is 0 Å². The van der Waals surface area contributed by atoms with Crippen molar-refractivity contribution in [2.45, 2.75) is 24.9 Å². The third-order valence-electron chi connectivity index (χ3n) is 2.36. The van der Waals surface area contributed by atoms with Crippen LogP contribution in [0.25, 0.3) is 0 Å². The molecule has 0 radical (unpaired) electrons. The van der Waals surface area contributed by atoms with Crippen molar-refractivity contribution in [3.05, 3.63) is 4.91 Å². The molecule has 0 heterocycles. The monoisotopic (exact) mass is 336 g/mol. The highest BCUT2D eigenvalue weighted by Crippen LogP contribution is 2.05. The van der Waals surface area contributed by atoms with Crippen LogP contribution in [0.5, 0.6) is 0 Å². The van der Waals surface area contributed by atoms with Crippen molar-refractivity contribution >= 4 is 35.7 Å². The van der Waals surface area contributed by atoms with E-state index in [1.165, 1.54) is 0 Å². The summed E-state index contributed by atoms with van der Waals surface area (Å²) in [5, 5.41) is 21.3. The standard InChI is InChI=1S/C10H16N4O7S/c11-5(10(19)20)1-2-7(15)13-6(4-22-14-21)9(18)12-3-8(16)17/h5-6H,1-4,11H2,(H,12,18)(H,13,15)(H,16,17)(H,19,20)/t5-,6+/m0/s1. The normalized spacial score (nSPS) is 12.8. The summed E-state index contributed by atoms with van der Waals surface area (Å²) in [6.07, 6.45) is -0.376. The van der Waals surface area contributed by atoms with Crippen molar-refractivity contribution in [2.75, 3.05) is 12.3 Å². The molecule has 0 unspecified atom stereocenters. The summed E-state index contributed by atoms with van der Waals surface area (Å²) in [4.78, 5) is 54.2. The van der Waals surface area contributed by atoms with Gasteiger partial charge in [-0.25, -0.2) is 0 Å². The van der Waals surface area contributed by atoms with E-state index in [4.69, 9.17) is 15.9 Å². The molecule has 0 spiro atoms. The Kier molecular flexibility index (Phi) is 9.45. The minimum atomic E-state index is -1.27. The molecule has 6 N–H and O–H groups in total. The van der Waals surface area contributed by atoms with Gasteiger partial charge in [0.25, 0.3) is 0 Å². The second-order valence-electron chi connectivity index (χ2n) is 4.09. The minimum absolute atomic E-state index is 0.135. The fraction of sp³-hybridized carbons (Fsp3) is 0.600. The maximum absolute atomic E-state index is 11.7. The van der Waals surface area contributed by atoms with Crippen LogP contribution >= 0.6 is 11.9 Å². The van der Waals surface area contributed by atoms with Gasteiger partial charge in [-0.2, -0.15) is 0 Å². The summed E-state index contributed by atoms with van der Waals surface area (Å²) in [6.45, 7) is -0.645. The van der Waals surface area contributed by atoms with E-state index in [0.29, 0.717) is 11.9 Å². The quantitative estimate of drug-likeness (QED) is 0.216. The Labute approximate surface area is 129 Å². The fourth-order valence-corrected chi connectivity index (χ4v) is 1.70. The number of nitroso groups, excluding NO2 is 1. The number of carboxylic acids is 2. The van der Waals surface area contributed by atoms with Gasteiger partial charge in [0.1, 0.15) is 18.6 Å². The first-order valence-corrected chi connectivity index (χ1v) is 6.94. The van der Waals surface area contributed by atoms with Gasteiger partial charge in [-0.3, -0.25) is 19.2 Å². The first-order valence-electron chi connectivity index (χ1n) is 5.99. The van der Waals surface area contributed by atoms with Gasteiger partial charge in [0.05, 0.1) is 0 Å². The summed E-state index contributed by atoms with van der Waals surface area (Å²) in [5.41, 5.74) is 5.23. The Morgan fingerprint density at radius 1 is 1.23 bits per heavy atom. The van der Waals surface area contributed by atoms with Gasteiger partial charge in [-0.15, -0.1) is 4.91 Å². The van der Waals surface area contributed by atoms with Crippen LogP contribution in [0.2, 0.25) is 0 Å². The van der Waals surface area contributed by atoms with Crippen molar-refractivity contribution < 1.29 is 29.4 Å². The third-order valence-corrected chi connectivity index (χ3v) is 2.95. The zero-order valence-corrected chi connectivity index (χ0v) is 12.2. The summed E-state index contributed by atoms with van der Waals surface area (Å²) in [7, 11) is 0. The van der Waals surface area contributed by atoms with Crippen molar-refractivity contribution in [3.8, 4) is 0 Å². The number of carbonyl (C=O) groups excluding carboxylic acids is 2. The minimum Gasteiger partial charge on any atom is -0.480 e. The molecule has 2 atom stereocenters. The summed E-state index contributed by atoms with van der Waals surface area (Å²) in [5.74, 6) is -4.17. The van der Waals surface area contributed by atoms with E-state index in [1.54, 1.807) is 0 Å². The molecule has 0 aliphatic rings. The maximum Gasteiger partial charge on any atom is 0.322 e. The maximum atomic E-state index is 11.7. The van der Waals surface area contributed by atoms with E-state index in [0.717, 1.165) is 0 Å². The molecule has 12 heteroatoms. The molecule has 22 heavy (non-hydrogen) atoms. The number of hydrogen-bond donors (Lipinski definition) is 5. The number of rotatable bonds is 11. The highest BCUT2D eigenvalue weighted by atomic mass is 32.2. The number of nitrogens with one attached hydrogen (secondary N) is 2. The Bertz CT molecular complexity index is 445. The number of nitrogens with zero attached hydrogens (tertiary/aromatic N) is 1. The van der Waals surface area contributed by atoms with Crippen LogP contribution in [-0.4, -0.2) is 58.3 Å². The topological polar surface area (TPSA) is 188 Å². The van der Waals surface area contributed by atoms with Gasteiger partial charge < -0.3 is 26.6 Å². The Balaban J connectivity index is 4.46. The van der Waals surface area contributed by atoms with Crippen LogP contribution in [0.1, 0.15) is 12.8 Å². The summed E-state index contributed by atoms with van der Waals surface area (Å²) in [6, 6.07) is -2.38. The average molecular weight is 336 g/mol. The number of carboxylic acid groups (broad SMARTS) is 2.